The van der Waals surface area contributed by atoms with Gasteiger partial charge in [-0.2, -0.15) is 0 Å². The molecule has 2 unspecified atom stereocenters. The Balaban J connectivity index is 1.48. The van der Waals surface area contributed by atoms with Crippen LogP contribution in [-0.4, -0.2) is 19.5 Å². The zero-order chi connectivity index (χ0) is 23.9. The van der Waals surface area contributed by atoms with E-state index >= 15 is 0 Å². The molecule has 7 heteroatoms. The number of cyclic esters (lactones) is 1. The Kier molecular flexibility index (Phi) is 5.65. The second kappa shape index (κ2) is 8.65. The number of esters is 1. The van der Waals surface area contributed by atoms with Crippen LogP contribution in [0.2, 0.25) is 0 Å². The Bertz CT molecular complexity index is 1360. The fourth-order valence-corrected chi connectivity index (χ4v) is 5.49. The summed E-state index contributed by atoms with van der Waals surface area (Å²) in [7, 11) is -3.77. The highest BCUT2D eigenvalue weighted by Gasteiger charge is 2.45. The van der Waals surface area contributed by atoms with E-state index in [0.29, 0.717) is 11.3 Å². The van der Waals surface area contributed by atoms with Crippen LogP contribution in [-0.2, 0) is 19.6 Å². The first-order valence-corrected chi connectivity index (χ1v) is 12.7. The summed E-state index contributed by atoms with van der Waals surface area (Å²) in [6.45, 7) is 1.89. The summed E-state index contributed by atoms with van der Waals surface area (Å²) < 4.78 is 33.9. The van der Waals surface area contributed by atoms with Crippen LogP contribution in [0.1, 0.15) is 41.6 Å². The number of hydrogen-bond acceptors (Lipinski definition) is 5. The molecule has 5 rings (SSSR count). The standard InChI is InChI=1S/C27H25NO5S/c1-17-10-14-22(15-11-17)34(31,32)28-21-9-5-8-20(16-21)23(18-12-13-18)24-25(29)26(33-27(24)30)19-6-3-2-4-7-19/h2-11,14-16,18,23,26,28-29H,12-13H2,1H3. The van der Waals surface area contributed by atoms with E-state index in [1.807, 2.05) is 43.3 Å². The maximum atomic E-state index is 12.9. The molecule has 0 radical (unpaired) electrons. The van der Waals surface area contributed by atoms with Crippen LogP contribution in [0.5, 0.6) is 0 Å². The first kappa shape index (κ1) is 22.2. The van der Waals surface area contributed by atoms with E-state index in [-0.39, 0.29) is 28.1 Å². The fourth-order valence-electron chi connectivity index (χ4n) is 4.44. The molecular formula is C27H25NO5S. The lowest BCUT2D eigenvalue weighted by Crippen LogP contribution is -2.15. The number of carbonyl (C=O) groups is 1. The summed E-state index contributed by atoms with van der Waals surface area (Å²) in [5.41, 5.74) is 3.10. The number of nitrogens with one attached hydrogen (secondary N) is 1. The normalized spacial score (nSPS) is 19.1. The molecule has 0 bridgehead atoms. The molecular weight excluding hydrogens is 450 g/mol. The van der Waals surface area contributed by atoms with E-state index in [9.17, 15) is 18.3 Å². The minimum atomic E-state index is -3.77. The minimum absolute atomic E-state index is 0.0706. The van der Waals surface area contributed by atoms with Crippen LogP contribution < -0.4 is 4.72 Å². The van der Waals surface area contributed by atoms with Crippen LogP contribution in [0.15, 0.2) is 95.1 Å². The highest BCUT2D eigenvalue weighted by Crippen LogP contribution is 2.51. The Morgan fingerprint density at radius 2 is 1.68 bits per heavy atom. The fraction of sp³-hybridized carbons (Fsp3) is 0.222. The van der Waals surface area contributed by atoms with Crippen LogP contribution in [0, 0.1) is 12.8 Å². The van der Waals surface area contributed by atoms with Gasteiger partial charge in [0.05, 0.1) is 10.5 Å². The molecule has 1 heterocycles. The maximum Gasteiger partial charge on any atom is 0.339 e. The van der Waals surface area contributed by atoms with Crippen LogP contribution >= 0.6 is 0 Å². The van der Waals surface area contributed by atoms with Crippen molar-refractivity contribution in [2.24, 2.45) is 5.92 Å². The Morgan fingerprint density at radius 3 is 2.35 bits per heavy atom. The molecule has 0 spiro atoms. The molecule has 0 amide bonds. The first-order valence-electron chi connectivity index (χ1n) is 11.2. The van der Waals surface area contributed by atoms with Gasteiger partial charge in [-0.1, -0.05) is 60.2 Å². The molecule has 1 aliphatic heterocycles. The minimum Gasteiger partial charge on any atom is -0.507 e. The lowest BCUT2D eigenvalue weighted by atomic mass is 9.85. The smallest absolute Gasteiger partial charge is 0.339 e. The molecule has 2 N–H and O–H groups in total. The number of benzene rings is 3. The van der Waals surface area contributed by atoms with Crippen molar-refractivity contribution in [1.82, 2.24) is 0 Å². The number of carbonyl (C=O) groups excluding carboxylic acids is 1. The third-order valence-corrected chi connectivity index (χ3v) is 7.70. The lowest BCUT2D eigenvalue weighted by Gasteiger charge is -2.18. The topological polar surface area (TPSA) is 92.7 Å². The van der Waals surface area contributed by atoms with Gasteiger partial charge in [0.15, 0.2) is 6.10 Å². The van der Waals surface area contributed by atoms with Gasteiger partial charge in [0, 0.05) is 17.2 Å². The van der Waals surface area contributed by atoms with Gasteiger partial charge in [-0.05, 0) is 55.5 Å². The predicted octanol–water partition coefficient (Wildman–Crippen LogP) is 5.40. The van der Waals surface area contributed by atoms with E-state index in [4.69, 9.17) is 4.74 Å². The predicted molar refractivity (Wildman–Crippen MR) is 129 cm³/mol. The maximum absolute atomic E-state index is 12.9. The number of aliphatic hydroxyl groups is 1. The monoisotopic (exact) mass is 475 g/mol. The number of anilines is 1. The zero-order valence-corrected chi connectivity index (χ0v) is 19.5. The van der Waals surface area contributed by atoms with Crippen molar-refractivity contribution in [2.45, 2.75) is 36.7 Å². The van der Waals surface area contributed by atoms with E-state index in [0.717, 1.165) is 24.0 Å². The van der Waals surface area contributed by atoms with Crippen LogP contribution in [0.4, 0.5) is 5.69 Å². The average molecular weight is 476 g/mol. The van der Waals surface area contributed by atoms with Gasteiger partial charge in [0.2, 0.25) is 0 Å². The van der Waals surface area contributed by atoms with E-state index in [1.54, 1.807) is 42.5 Å². The first-order chi connectivity index (χ1) is 16.3. The lowest BCUT2D eigenvalue weighted by molar-refractivity contribution is -0.140. The number of ether oxygens (including phenoxy) is 1. The summed E-state index contributed by atoms with van der Waals surface area (Å²) in [5, 5.41) is 11.0. The van der Waals surface area contributed by atoms with Crippen LogP contribution in [0.25, 0.3) is 0 Å². The largest absolute Gasteiger partial charge is 0.507 e. The SMILES string of the molecule is Cc1ccc(S(=O)(=O)Nc2cccc(C(C3=C(O)C(c4ccccc4)OC3=O)C3CC3)c2)cc1. The number of hydrogen-bond donors (Lipinski definition) is 2. The van der Waals surface area contributed by atoms with Crippen molar-refractivity contribution in [3.05, 3.63) is 107 Å². The molecule has 1 saturated carbocycles. The van der Waals surface area contributed by atoms with Crippen molar-refractivity contribution in [2.75, 3.05) is 4.72 Å². The third-order valence-electron chi connectivity index (χ3n) is 6.31. The average Bonchev–Trinajstić information content (AvgIpc) is 3.61. The molecule has 1 fully saturated rings. The Labute approximate surface area is 199 Å². The number of sulfonamides is 1. The van der Waals surface area contributed by atoms with Crippen molar-refractivity contribution in [3.8, 4) is 0 Å². The molecule has 2 aliphatic rings. The van der Waals surface area contributed by atoms with E-state index in [1.165, 1.54) is 0 Å². The summed E-state index contributed by atoms with van der Waals surface area (Å²) in [6.07, 6.45) is 1.02. The van der Waals surface area contributed by atoms with E-state index in [2.05, 4.69) is 4.72 Å². The van der Waals surface area contributed by atoms with Crippen LogP contribution in [0.3, 0.4) is 0 Å². The third kappa shape index (κ3) is 4.31. The zero-order valence-electron chi connectivity index (χ0n) is 18.6. The van der Waals surface area contributed by atoms with Gasteiger partial charge in [0.25, 0.3) is 10.0 Å². The van der Waals surface area contributed by atoms with Crippen molar-refractivity contribution in [1.29, 1.82) is 0 Å². The molecule has 0 aromatic heterocycles. The van der Waals surface area contributed by atoms with Gasteiger partial charge in [-0.15, -0.1) is 0 Å². The summed E-state index contributed by atoms with van der Waals surface area (Å²) >= 11 is 0. The van der Waals surface area contributed by atoms with E-state index < -0.39 is 22.1 Å². The molecule has 1 aliphatic carbocycles. The Hall–Kier alpha value is -3.58. The summed E-state index contributed by atoms with van der Waals surface area (Å²) in [5.74, 6) is -0.791. The molecule has 2 atom stereocenters. The number of aryl methyl sites for hydroxylation is 1. The van der Waals surface area contributed by atoms with Gasteiger partial charge >= 0.3 is 5.97 Å². The van der Waals surface area contributed by atoms with Gasteiger partial charge in [0.1, 0.15) is 5.76 Å². The molecule has 34 heavy (non-hydrogen) atoms. The van der Waals surface area contributed by atoms with Crippen molar-refractivity contribution in [3.63, 3.8) is 0 Å². The van der Waals surface area contributed by atoms with Crippen molar-refractivity contribution < 1.29 is 23.1 Å². The molecule has 3 aromatic carbocycles. The second-order valence-electron chi connectivity index (χ2n) is 8.85. The number of aliphatic hydroxyl groups excluding tert-OH is 1. The summed E-state index contributed by atoms with van der Waals surface area (Å²) in [4.78, 5) is 13.1. The quantitative estimate of drug-likeness (QED) is 0.447. The number of rotatable bonds is 7. The van der Waals surface area contributed by atoms with Gasteiger partial charge < -0.3 is 9.84 Å². The Morgan fingerprint density at radius 1 is 0.971 bits per heavy atom. The highest BCUT2D eigenvalue weighted by molar-refractivity contribution is 7.92. The second-order valence-corrected chi connectivity index (χ2v) is 10.5. The molecule has 0 saturated heterocycles. The highest BCUT2D eigenvalue weighted by atomic mass is 32.2. The summed E-state index contributed by atoms with van der Waals surface area (Å²) in [6, 6.07) is 22.8. The molecule has 6 nitrogen and oxygen atoms in total. The molecule has 174 valence electrons. The van der Waals surface area contributed by atoms with Gasteiger partial charge in [-0.25, -0.2) is 13.2 Å². The van der Waals surface area contributed by atoms with Crippen molar-refractivity contribution >= 4 is 21.7 Å². The van der Waals surface area contributed by atoms with Gasteiger partial charge in [-0.3, -0.25) is 4.72 Å². The molecule has 3 aromatic rings.